The summed E-state index contributed by atoms with van der Waals surface area (Å²) in [7, 11) is 0. The molecule has 0 radical (unpaired) electrons. The maximum Gasteiger partial charge on any atom is 0.0578 e. The van der Waals surface area contributed by atoms with E-state index in [0.717, 1.165) is 28.2 Å². The minimum atomic E-state index is 0.800. The van der Waals surface area contributed by atoms with Gasteiger partial charge < -0.3 is 11.1 Å². The van der Waals surface area contributed by atoms with Crippen molar-refractivity contribution < 1.29 is 0 Å². The molecule has 0 saturated carbocycles. The molecular formula is C29H38N2S. The zero-order valence-corrected chi connectivity index (χ0v) is 20.8. The van der Waals surface area contributed by atoms with E-state index in [1.54, 1.807) is 11.3 Å². The zero-order valence-electron chi connectivity index (χ0n) is 20.0. The van der Waals surface area contributed by atoms with Crippen molar-refractivity contribution in [2.24, 2.45) is 0 Å². The highest BCUT2D eigenvalue weighted by Crippen LogP contribution is 2.49. The van der Waals surface area contributed by atoms with E-state index in [1.807, 2.05) is 12.1 Å². The van der Waals surface area contributed by atoms with E-state index in [2.05, 4.69) is 94.7 Å². The lowest BCUT2D eigenvalue weighted by Gasteiger charge is -2.24. The summed E-state index contributed by atoms with van der Waals surface area (Å²) < 4.78 is 0. The van der Waals surface area contributed by atoms with Crippen molar-refractivity contribution in [3.8, 4) is 22.3 Å². The Balaban J connectivity index is 0.000000441. The Bertz CT molecular complexity index is 977. The average molecular weight is 447 g/mol. The van der Waals surface area contributed by atoms with E-state index in [-0.39, 0.29) is 0 Å². The second-order valence-electron chi connectivity index (χ2n) is 7.29. The normalized spacial score (nSPS) is 10.5. The lowest BCUT2D eigenvalue weighted by Crippen LogP contribution is -2.07. The number of nitrogens with one attached hydrogen (secondary N) is 1. The van der Waals surface area contributed by atoms with Crippen molar-refractivity contribution in [2.45, 2.75) is 46.5 Å². The minimum absolute atomic E-state index is 0.800. The molecule has 1 aromatic heterocycles. The molecule has 3 aromatic rings. The third-order valence-corrected chi connectivity index (χ3v) is 6.00. The standard InChI is InChI=1S/C19H16N2S.C6H14.2C2H4/c1-11-3-5-13(6-4-11)17-15(20)7-8-16-18(17)14-9-10-22-19(14)12(2)21-16;1-3-5-6-4-2;2*1-2/h3-10,21H,2,20H2,1H3;3-6H2,1-2H3;2*1-2H2. The molecular weight excluding hydrogens is 408 g/mol. The number of anilines is 2. The van der Waals surface area contributed by atoms with Crippen molar-refractivity contribution in [2.75, 3.05) is 11.1 Å². The van der Waals surface area contributed by atoms with Gasteiger partial charge in [0.1, 0.15) is 0 Å². The molecule has 0 fully saturated rings. The molecule has 3 heteroatoms. The van der Waals surface area contributed by atoms with Gasteiger partial charge in [-0.2, -0.15) is 0 Å². The number of thiophene rings is 1. The predicted molar refractivity (Wildman–Crippen MR) is 149 cm³/mol. The van der Waals surface area contributed by atoms with Gasteiger partial charge in [0.05, 0.1) is 4.88 Å². The Morgan fingerprint density at radius 2 is 1.44 bits per heavy atom. The summed E-state index contributed by atoms with van der Waals surface area (Å²) in [4.78, 5) is 1.19. The summed E-state index contributed by atoms with van der Waals surface area (Å²) in [6.07, 6.45) is 5.54. The molecule has 0 amide bonds. The third kappa shape index (κ3) is 6.48. The zero-order chi connectivity index (χ0) is 24.1. The minimum Gasteiger partial charge on any atom is -0.398 e. The van der Waals surface area contributed by atoms with Gasteiger partial charge >= 0.3 is 0 Å². The second kappa shape index (κ2) is 14.1. The van der Waals surface area contributed by atoms with E-state index >= 15 is 0 Å². The fourth-order valence-corrected chi connectivity index (χ4v) is 4.32. The first-order chi connectivity index (χ1) is 15.6. The highest BCUT2D eigenvalue weighted by molar-refractivity contribution is 7.11. The van der Waals surface area contributed by atoms with Crippen LogP contribution in [0.4, 0.5) is 11.4 Å². The van der Waals surface area contributed by atoms with Gasteiger partial charge in [-0.3, -0.25) is 0 Å². The van der Waals surface area contributed by atoms with Crippen LogP contribution in [0.25, 0.3) is 28.0 Å². The largest absolute Gasteiger partial charge is 0.398 e. The van der Waals surface area contributed by atoms with Crippen LogP contribution in [0.5, 0.6) is 0 Å². The van der Waals surface area contributed by atoms with Crippen LogP contribution < -0.4 is 11.1 Å². The summed E-state index contributed by atoms with van der Waals surface area (Å²) in [5, 5.41) is 5.52. The van der Waals surface area contributed by atoms with Crippen LogP contribution in [0.15, 0.2) is 80.7 Å². The number of hydrogen-bond donors (Lipinski definition) is 2. The molecule has 0 atom stereocenters. The molecule has 32 heavy (non-hydrogen) atoms. The molecule has 0 bridgehead atoms. The number of fused-ring (bicyclic) bond motifs is 3. The predicted octanol–water partition coefficient (Wildman–Crippen LogP) is 9.56. The Kier molecular flexibility index (Phi) is 11.9. The van der Waals surface area contributed by atoms with Crippen LogP contribution in [0.2, 0.25) is 0 Å². The molecule has 1 aliphatic rings. The van der Waals surface area contributed by atoms with Gasteiger partial charge in [-0.05, 0) is 36.1 Å². The smallest absolute Gasteiger partial charge is 0.0578 e. The van der Waals surface area contributed by atoms with Crippen LogP contribution in [0.3, 0.4) is 0 Å². The number of hydrogen-bond acceptors (Lipinski definition) is 3. The van der Waals surface area contributed by atoms with Crippen molar-refractivity contribution >= 4 is 28.4 Å². The number of rotatable bonds is 4. The Hall–Kier alpha value is -3.04. The molecule has 4 rings (SSSR count). The molecule has 2 heterocycles. The van der Waals surface area contributed by atoms with E-state index in [4.69, 9.17) is 5.73 Å². The van der Waals surface area contributed by atoms with Crippen LogP contribution in [-0.2, 0) is 0 Å². The Morgan fingerprint density at radius 1 is 0.844 bits per heavy atom. The van der Waals surface area contributed by atoms with Crippen molar-refractivity contribution in [3.05, 3.63) is 91.2 Å². The fourth-order valence-electron chi connectivity index (χ4n) is 3.49. The topological polar surface area (TPSA) is 38.0 Å². The Labute approximate surface area is 199 Å². The van der Waals surface area contributed by atoms with Crippen molar-refractivity contribution in [1.82, 2.24) is 0 Å². The van der Waals surface area contributed by atoms with Crippen molar-refractivity contribution in [3.63, 3.8) is 0 Å². The van der Waals surface area contributed by atoms with Gasteiger partial charge in [-0.25, -0.2) is 0 Å². The van der Waals surface area contributed by atoms with E-state index in [9.17, 15) is 0 Å². The van der Waals surface area contributed by atoms with Gasteiger partial charge in [0.2, 0.25) is 0 Å². The molecule has 2 nitrogen and oxygen atoms in total. The number of unbranched alkanes of at least 4 members (excludes halogenated alkanes) is 3. The molecule has 2 aromatic carbocycles. The molecule has 170 valence electrons. The molecule has 0 unspecified atom stereocenters. The van der Waals surface area contributed by atoms with E-state index < -0.39 is 0 Å². The van der Waals surface area contributed by atoms with Crippen LogP contribution in [0.1, 0.15) is 50.0 Å². The van der Waals surface area contributed by atoms with E-state index in [0.29, 0.717) is 0 Å². The van der Waals surface area contributed by atoms with Crippen LogP contribution >= 0.6 is 11.3 Å². The molecule has 0 saturated heterocycles. The second-order valence-corrected chi connectivity index (χ2v) is 8.21. The summed E-state index contributed by atoms with van der Waals surface area (Å²) in [6.45, 7) is 22.7. The number of aryl methyl sites for hydroxylation is 1. The first kappa shape index (κ1) is 27.0. The molecule has 1 aliphatic heterocycles. The average Bonchev–Trinajstić information content (AvgIpc) is 3.33. The SMILES string of the molecule is C=C.C=C.C=C1Nc2ccc(N)c(-c3ccc(C)cc3)c2-c2ccsc21.CCCCCC. The fraction of sp³-hybridized carbons (Fsp3) is 0.241. The van der Waals surface area contributed by atoms with Gasteiger partial charge in [0.15, 0.2) is 0 Å². The van der Waals surface area contributed by atoms with Crippen LogP contribution in [0, 0.1) is 6.92 Å². The monoisotopic (exact) mass is 446 g/mol. The van der Waals surface area contributed by atoms with Crippen molar-refractivity contribution in [1.29, 1.82) is 0 Å². The third-order valence-electron chi connectivity index (χ3n) is 5.03. The first-order valence-corrected chi connectivity index (χ1v) is 12.0. The molecule has 0 spiro atoms. The molecule has 3 N–H and O–H groups in total. The van der Waals surface area contributed by atoms with Gasteiger partial charge in [-0.1, -0.05) is 75.9 Å². The van der Waals surface area contributed by atoms with Crippen LogP contribution in [-0.4, -0.2) is 0 Å². The number of nitrogens with two attached hydrogens (primary N) is 1. The van der Waals surface area contributed by atoms with Gasteiger partial charge in [0, 0.05) is 33.8 Å². The maximum atomic E-state index is 6.33. The van der Waals surface area contributed by atoms with E-state index in [1.165, 1.54) is 47.3 Å². The summed E-state index contributed by atoms with van der Waals surface area (Å²) >= 11 is 1.71. The maximum absolute atomic E-state index is 6.33. The quantitative estimate of drug-likeness (QED) is 0.238. The highest BCUT2D eigenvalue weighted by Gasteiger charge is 2.24. The number of nitrogen functional groups attached to an aromatic ring is 1. The summed E-state index contributed by atoms with van der Waals surface area (Å²) in [5.74, 6) is 0. The highest BCUT2D eigenvalue weighted by atomic mass is 32.1. The van der Waals surface area contributed by atoms with Gasteiger partial charge in [-0.15, -0.1) is 37.7 Å². The summed E-state index contributed by atoms with van der Waals surface area (Å²) in [5.41, 5.74) is 15.0. The number of benzene rings is 2. The van der Waals surface area contributed by atoms with Gasteiger partial charge in [0.25, 0.3) is 0 Å². The molecule has 0 aliphatic carbocycles. The lowest BCUT2D eigenvalue weighted by atomic mass is 9.89. The summed E-state index contributed by atoms with van der Waals surface area (Å²) in [6, 6.07) is 14.7. The Morgan fingerprint density at radius 3 is 2.00 bits per heavy atom. The first-order valence-electron chi connectivity index (χ1n) is 11.1. The lowest BCUT2D eigenvalue weighted by molar-refractivity contribution is 0.702.